The molecule has 7 heteroatoms. The summed E-state index contributed by atoms with van der Waals surface area (Å²) in [6, 6.07) is 12.7. The Morgan fingerprint density at radius 2 is 1.74 bits per heavy atom. The first-order valence-corrected chi connectivity index (χ1v) is 7.81. The molecule has 0 atom stereocenters. The monoisotopic (exact) mass is 332 g/mol. The second-order valence-corrected chi connectivity index (χ2v) is 5.53. The molecule has 0 unspecified atom stereocenters. The number of carbonyl (C=O) groups excluding carboxylic acids is 3. The standard InChI is InChI=1S/C16H16N2O4S/c19-14(9-18-16(21)13-7-4-8-23-13)17-10-15(20)22-11-12-5-2-1-3-6-12/h1-8H,9-11H2,(H,17,19)(H,18,21). The van der Waals surface area contributed by atoms with Crippen molar-refractivity contribution in [3.05, 3.63) is 58.3 Å². The summed E-state index contributed by atoms with van der Waals surface area (Å²) in [4.78, 5) is 35.3. The van der Waals surface area contributed by atoms with E-state index in [-0.39, 0.29) is 25.6 Å². The number of hydrogen-bond donors (Lipinski definition) is 2. The summed E-state index contributed by atoms with van der Waals surface area (Å²) in [5, 5.41) is 6.64. The van der Waals surface area contributed by atoms with Crippen molar-refractivity contribution in [2.45, 2.75) is 6.61 Å². The van der Waals surface area contributed by atoms with E-state index < -0.39 is 11.9 Å². The summed E-state index contributed by atoms with van der Waals surface area (Å²) < 4.78 is 5.02. The van der Waals surface area contributed by atoms with Crippen LogP contribution in [0.4, 0.5) is 0 Å². The molecular weight excluding hydrogens is 316 g/mol. The predicted octanol–water partition coefficient (Wildman–Crippen LogP) is 1.34. The molecule has 2 amide bonds. The van der Waals surface area contributed by atoms with Crippen LogP contribution in [0.15, 0.2) is 47.8 Å². The molecule has 0 aliphatic heterocycles. The molecule has 0 bridgehead atoms. The fraction of sp³-hybridized carbons (Fsp3) is 0.188. The van der Waals surface area contributed by atoms with Crippen molar-refractivity contribution in [3.63, 3.8) is 0 Å². The number of amides is 2. The van der Waals surface area contributed by atoms with E-state index in [1.807, 2.05) is 30.3 Å². The van der Waals surface area contributed by atoms with Gasteiger partial charge < -0.3 is 15.4 Å². The summed E-state index contributed by atoms with van der Waals surface area (Å²) in [7, 11) is 0. The van der Waals surface area contributed by atoms with E-state index >= 15 is 0 Å². The van der Waals surface area contributed by atoms with Gasteiger partial charge in [-0.15, -0.1) is 11.3 Å². The number of rotatable bonds is 7. The molecule has 2 N–H and O–H groups in total. The molecular formula is C16H16N2O4S. The molecule has 1 heterocycles. The second kappa shape index (κ2) is 8.70. The lowest BCUT2D eigenvalue weighted by molar-refractivity contribution is -0.145. The van der Waals surface area contributed by atoms with Gasteiger partial charge in [-0.1, -0.05) is 36.4 Å². The highest BCUT2D eigenvalue weighted by Gasteiger charge is 2.10. The highest BCUT2D eigenvalue weighted by atomic mass is 32.1. The second-order valence-electron chi connectivity index (χ2n) is 4.58. The zero-order valence-electron chi connectivity index (χ0n) is 12.3. The summed E-state index contributed by atoms with van der Waals surface area (Å²) in [5.74, 6) is -1.31. The van der Waals surface area contributed by atoms with E-state index in [1.54, 1.807) is 17.5 Å². The van der Waals surface area contributed by atoms with Crippen LogP contribution in [0.25, 0.3) is 0 Å². The lowest BCUT2D eigenvalue weighted by Gasteiger charge is -2.07. The van der Waals surface area contributed by atoms with Crippen molar-refractivity contribution in [3.8, 4) is 0 Å². The molecule has 120 valence electrons. The lowest BCUT2D eigenvalue weighted by atomic mass is 10.2. The summed E-state index contributed by atoms with van der Waals surface area (Å²) >= 11 is 1.29. The molecule has 0 radical (unpaired) electrons. The largest absolute Gasteiger partial charge is 0.460 e. The molecule has 1 aromatic carbocycles. The maximum Gasteiger partial charge on any atom is 0.325 e. The highest BCUT2D eigenvalue weighted by Crippen LogP contribution is 2.07. The third kappa shape index (κ3) is 5.91. The molecule has 1 aromatic heterocycles. The van der Waals surface area contributed by atoms with Gasteiger partial charge in [0.25, 0.3) is 5.91 Å². The van der Waals surface area contributed by atoms with Crippen LogP contribution in [0, 0.1) is 0 Å². The molecule has 0 saturated carbocycles. The maximum atomic E-state index is 11.6. The van der Waals surface area contributed by atoms with Crippen LogP contribution >= 0.6 is 11.3 Å². The Hall–Kier alpha value is -2.67. The zero-order valence-corrected chi connectivity index (χ0v) is 13.1. The topological polar surface area (TPSA) is 84.5 Å². The van der Waals surface area contributed by atoms with Crippen LogP contribution in [-0.4, -0.2) is 30.9 Å². The first-order valence-electron chi connectivity index (χ1n) is 6.93. The third-order valence-electron chi connectivity index (χ3n) is 2.83. The fourth-order valence-electron chi connectivity index (χ4n) is 1.68. The van der Waals surface area contributed by atoms with Crippen molar-refractivity contribution in [1.29, 1.82) is 0 Å². The van der Waals surface area contributed by atoms with Gasteiger partial charge in [0.05, 0.1) is 11.4 Å². The third-order valence-corrected chi connectivity index (χ3v) is 3.70. The summed E-state index contributed by atoms with van der Waals surface area (Å²) in [5.41, 5.74) is 0.871. The van der Waals surface area contributed by atoms with Crippen molar-refractivity contribution in [2.75, 3.05) is 13.1 Å². The van der Waals surface area contributed by atoms with Gasteiger partial charge in [-0.05, 0) is 17.0 Å². The Kier molecular flexibility index (Phi) is 6.31. The maximum absolute atomic E-state index is 11.6. The number of nitrogens with one attached hydrogen (secondary N) is 2. The molecule has 0 aliphatic rings. The van der Waals surface area contributed by atoms with Gasteiger partial charge in [0.1, 0.15) is 13.2 Å². The fourth-order valence-corrected chi connectivity index (χ4v) is 2.32. The van der Waals surface area contributed by atoms with E-state index in [9.17, 15) is 14.4 Å². The van der Waals surface area contributed by atoms with Gasteiger partial charge in [-0.2, -0.15) is 0 Å². The summed E-state index contributed by atoms with van der Waals surface area (Å²) in [6.07, 6.45) is 0. The molecule has 0 saturated heterocycles. The van der Waals surface area contributed by atoms with Gasteiger partial charge in [0.2, 0.25) is 5.91 Å². The number of esters is 1. The zero-order chi connectivity index (χ0) is 16.5. The number of carbonyl (C=O) groups is 3. The van der Waals surface area contributed by atoms with Crippen molar-refractivity contribution >= 4 is 29.1 Å². The van der Waals surface area contributed by atoms with E-state index in [0.717, 1.165) is 5.56 Å². The predicted molar refractivity (Wildman–Crippen MR) is 85.9 cm³/mol. The number of ether oxygens (including phenoxy) is 1. The molecule has 2 rings (SSSR count). The van der Waals surface area contributed by atoms with Crippen LogP contribution in [0.1, 0.15) is 15.2 Å². The van der Waals surface area contributed by atoms with E-state index in [1.165, 1.54) is 11.3 Å². The Morgan fingerprint density at radius 1 is 0.957 bits per heavy atom. The lowest BCUT2D eigenvalue weighted by Crippen LogP contribution is -2.39. The van der Waals surface area contributed by atoms with Crippen molar-refractivity contribution in [2.24, 2.45) is 0 Å². The Balaban J connectivity index is 1.62. The summed E-state index contributed by atoms with van der Waals surface area (Å²) in [6.45, 7) is -0.270. The Labute approximate surface area is 137 Å². The first kappa shape index (κ1) is 16.7. The average molecular weight is 332 g/mol. The van der Waals surface area contributed by atoms with Gasteiger partial charge in [-0.25, -0.2) is 0 Å². The van der Waals surface area contributed by atoms with Gasteiger partial charge in [0, 0.05) is 0 Å². The molecule has 6 nitrogen and oxygen atoms in total. The number of thiophene rings is 1. The van der Waals surface area contributed by atoms with Crippen molar-refractivity contribution in [1.82, 2.24) is 10.6 Å². The minimum atomic E-state index is -0.535. The molecule has 0 aliphatic carbocycles. The minimum absolute atomic E-state index is 0.157. The normalized spacial score (nSPS) is 9.91. The first-order chi connectivity index (χ1) is 11.1. The Bertz CT molecular complexity index is 656. The van der Waals surface area contributed by atoms with Crippen LogP contribution < -0.4 is 10.6 Å². The average Bonchev–Trinajstić information content (AvgIpc) is 3.11. The van der Waals surface area contributed by atoms with E-state index in [4.69, 9.17) is 4.74 Å². The van der Waals surface area contributed by atoms with E-state index in [2.05, 4.69) is 10.6 Å². The molecule has 0 spiro atoms. The Morgan fingerprint density at radius 3 is 2.43 bits per heavy atom. The SMILES string of the molecule is O=C(CNC(=O)c1cccs1)NCC(=O)OCc1ccccc1. The highest BCUT2D eigenvalue weighted by molar-refractivity contribution is 7.12. The molecule has 0 fully saturated rings. The van der Waals surface area contributed by atoms with Crippen LogP contribution in [-0.2, 0) is 20.9 Å². The van der Waals surface area contributed by atoms with Gasteiger partial charge >= 0.3 is 5.97 Å². The number of benzene rings is 1. The van der Waals surface area contributed by atoms with Crippen LogP contribution in [0.5, 0.6) is 0 Å². The van der Waals surface area contributed by atoms with Gasteiger partial charge in [-0.3, -0.25) is 14.4 Å². The van der Waals surface area contributed by atoms with Crippen LogP contribution in [0.2, 0.25) is 0 Å². The molecule has 2 aromatic rings. The van der Waals surface area contributed by atoms with Crippen LogP contribution in [0.3, 0.4) is 0 Å². The quantitative estimate of drug-likeness (QED) is 0.749. The number of hydrogen-bond acceptors (Lipinski definition) is 5. The molecule has 23 heavy (non-hydrogen) atoms. The minimum Gasteiger partial charge on any atom is -0.460 e. The van der Waals surface area contributed by atoms with E-state index in [0.29, 0.717) is 4.88 Å². The van der Waals surface area contributed by atoms with Gasteiger partial charge in [0.15, 0.2) is 0 Å². The smallest absolute Gasteiger partial charge is 0.325 e. The van der Waals surface area contributed by atoms with Crippen molar-refractivity contribution < 1.29 is 19.1 Å².